The van der Waals surface area contributed by atoms with Gasteiger partial charge < -0.3 is 15.6 Å². The Hall–Kier alpha value is -2.25. The van der Waals surface area contributed by atoms with Crippen molar-refractivity contribution in [2.45, 2.75) is 4.90 Å². The highest BCUT2D eigenvalue weighted by atomic mass is 32.2. The highest BCUT2D eigenvalue weighted by Crippen LogP contribution is 2.32. The van der Waals surface area contributed by atoms with Crippen LogP contribution < -0.4 is 10.5 Å². The summed E-state index contributed by atoms with van der Waals surface area (Å²) in [5.41, 5.74) is 6.23. The fraction of sp³-hybridized carbons (Fsp3) is 0.0769. The molecule has 0 atom stereocenters. The second-order valence-electron chi connectivity index (χ2n) is 4.19. The molecule has 2 rings (SSSR count). The van der Waals surface area contributed by atoms with E-state index in [4.69, 9.17) is 20.1 Å². The summed E-state index contributed by atoms with van der Waals surface area (Å²) in [4.78, 5) is -0.207. The van der Waals surface area contributed by atoms with E-state index in [-0.39, 0.29) is 17.3 Å². The number of hydrogen-bond acceptors (Lipinski definition) is 5. The monoisotopic (exact) mass is 295 g/mol. The lowest BCUT2D eigenvalue weighted by molar-refractivity contribution is 0.273. The summed E-state index contributed by atoms with van der Waals surface area (Å²) in [6, 6.07) is 7.21. The first-order valence-corrected chi connectivity index (χ1v) is 7.02. The Bertz CT molecular complexity index is 783. The first-order valence-electron chi connectivity index (χ1n) is 5.58. The Labute approximate surface area is 115 Å². The molecule has 0 amide bonds. The van der Waals surface area contributed by atoms with Gasteiger partial charge in [0.15, 0.2) is 0 Å². The van der Waals surface area contributed by atoms with E-state index in [1.807, 2.05) is 0 Å². The summed E-state index contributed by atoms with van der Waals surface area (Å²) in [6.07, 6.45) is 0. The van der Waals surface area contributed by atoms with E-state index in [1.165, 1.54) is 18.2 Å². The molecule has 0 aliphatic heterocycles. The van der Waals surface area contributed by atoms with E-state index >= 15 is 0 Å². The zero-order valence-corrected chi connectivity index (χ0v) is 11.2. The number of fused-ring (bicyclic) bond motifs is 1. The third kappa shape index (κ3) is 2.84. The number of aliphatic hydroxyl groups excluding tert-OH is 1. The summed E-state index contributed by atoms with van der Waals surface area (Å²) in [6.45, 7) is 3.21. The molecule has 4 N–H and O–H groups in total. The Morgan fingerprint density at radius 3 is 2.60 bits per heavy atom. The van der Waals surface area contributed by atoms with Crippen molar-refractivity contribution in [3.63, 3.8) is 0 Å². The fourth-order valence-corrected chi connectivity index (χ4v) is 2.28. The number of benzene rings is 2. The third-order valence-corrected chi connectivity index (χ3v) is 3.53. The van der Waals surface area contributed by atoms with Crippen LogP contribution in [-0.4, -0.2) is 24.7 Å². The first-order chi connectivity index (χ1) is 9.29. The van der Waals surface area contributed by atoms with Crippen molar-refractivity contribution >= 4 is 26.6 Å². The van der Waals surface area contributed by atoms with Crippen molar-refractivity contribution in [1.82, 2.24) is 0 Å². The maximum absolute atomic E-state index is 11.1. The quantitative estimate of drug-likeness (QED) is 0.453. The average molecular weight is 295 g/mol. The highest BCUT2D eigenvalue weighted by Gasteiger charge is 2.12. The maximum atomic E-state index is 11.1. The molecule has 0 saturated heterocycles. The summed E-state index contributed by atoms with van der Waals surface area (Å²) in [5, 5.41) is 10.1. The predicted molar refractivity (Wildman–Crippen MR) is 75.4 cm³/mol. The van der Waals surface area contributed by atoms with Crippen molar-refractivity contribution in [3.05, 3.63) is 42.7 Å². The molecule has 0 radical (unpaired) electrons. The molecule has 2 aromatic carbocycles. The molecule has 0 aliphatic rings. The van der Waals surface area contributed by atoms with Crippen molar-refractivity contribution in [1.29, 1.82) is 0 Å². The molecule has 2 aromatic rings. The van der Waals surface area contributed by atoms with Crippen LogP contribution in [0.3, 0.4) is 0 Å². The van der Waals surface area contributed by atoms with Crippen LogP contribution in [0, 0.1) is 0 Å². The zero-order valence-electron chi connectivity index (χ0n) is 10.4. The van der Waals surface area contributed by atoms with Gasteiger partial charge in [0.2, 0.25) is 0 Å². The minimum Gasteiger partial charge on any atom is -0.509 e. The molecular weight excluding hydrogens is 282 g/mol. The SMILES string of the molecule is C=C(O)COc1ccc2cc(S(=O)(=O)O)ccc2c1N. The van der Waals surface area contributed by atoms with E-state index in [9.17, 15) is 8.42 Å². The van der Waals surface area contributed by atoms with Crippen LogP contribution in [-0.2, 0) is 10.1 Å². The molecule has 0 fully saturated rings. The molecular formula is C13H13NO5S. The Kier molecular flexibility index (Phi) is 3.56. The molecule has 0 unspecified atom stereocenters. The minimum atomic E-state index is -4.26. The normalized spacial score (nSPS) is 11.4. The van der Waals surface area contributed by atoms with Crippen LogP contribution in [0.2, 0.25) is 0 Å². The van der Waals surface area contributed by atoms with Gasteiger partial charge in [-0.15, -0.1) is 0 Å². The number of hydrogen-bond donors (Lipinski definition) is 3. The number of nitrogens with two attached hydrogens (primary N) is 1. The van der Waals surface area contributed by atoms with Crippen LogP contribution >= 0.6 is 0 Å². The molecule has 20 heavy (non-hydrogen) atoms. The number of anilines is 1. The van der Waals surface area contributed by atoms with Gasteiger partial charge >= 0.3 is 0 Å². The summed E-state index contributed by atoms with van der Waals surface area (Å²) in [7, 11) is -4.26. The largest absolute Gasteiger partial charge is 0.509 e. The average Bonchev–Trinajstić information content (AvgIpc) is 2.36. The lowest BCUT2D eigenvalue weighted by atomic mass is 10.1. The van der Waals surface area contributed by atoms with Gasteiger partial charge in [-0.3, -0.25) is 4.55 Å². The van der Waals surface area contributed by atoms with E-state index in [1.54, 1.807) is 12.1 Å². The van der Waals surface area contributed by atoms with Crippen molar-refractivity contribution < 1.29 is 22.8 Å². The van der Waals surface area contributed by atoms with Gasteiger partial charge in [0.1, 0.15) is 18.1 Å². The summed E-state index contributed by atoms with van der Waals surface area (Å²) in [5.74, 6) is 0.221. The Morgan fingerprint density at radius 1 is 1.30 bits per heavy atom. The topological polar surface area (TPSA) is 110 Å². The second kappa shape index (κ2) is 5.03. The van der Waals surface area contributed by atoms with Crippen molar-refractivity contribution in [3.8, 4) is 5.75 Å². The molecule has 0 aliphatic carbocycles. The number of nitrogen functional groups attached to an aromatic ring is 1. The first kappa shape index (κ1) is 14.2. The Morgan fingerprint density at radius 2 is 2.00 bits per heavy atom. The molecule has 6 nitrogen and oxygen atoms in total. The maximum Gasteiger partial charge on any atom is 0.294 e. The van der Waals surface area contributed by atoms with Crippen LogP contribution in [0.4, 0.5) is 5.69 Å². The van der Waals surface area contributed by atoms with Gasteiger partial charge in [-0.25, -0.2) is 0 Å². The predicted octanol–water partition coefficient (Wildman–Crippen LogP) is 2.12. The molecule has 106 valence electrons. The van der Waals surface area contributed by atoms with Crippen LogP contribution in [0.15, 0.2) is 47.6 Å². The lowest BCUT2D eigenvalue weighted by Crippen LogP contribution is -2.03. The molecule has 7 heteroatoms. The number of aliphatic hydroxyl groups is 1. The Balaban J connectivity index is 2.50. The molecule has 0 heterocycles. The van der Waals surface area contributed by atoms with E-state index in [0.717, 1.165) is 0 Å². The van der Waals surface area contributed by atoms with E-state index in [0.29, 0.717) is 22.2 Å². The smallest absolute Gasteiger partial charge is 0.294 e. The minimum absolute atomic E-state index is 0.0845. The fourth-order valence-electron chi connectivity index (χ4n) is 1.76. The zero-order chi connectivity index (χ0) is 14.9. The molecule has 0 saturated carbocycles. The standard InChI is InChI=1S/C13H13NO5S/c1-8(15)7-19-12-5-2-9-6-10(20(16,17)18)3-4-11(9)13(12)14/h2-6,15H,1,7,14H2,(H,16,17,18). The van der Waals surface area contributed by atoms with Crippen molar-refractivity contribution in [2.24, 2.45) is 0 Å². The van der Waals surface area contributed by atoms with E-state index in [2.05, 4.69) is 6.58 Å². The van der Waals surface area contributed by atoms with Crippen molar-refractivity contribution in [2.75, 3.05) is 12.3 Å². The van der Waals surface area contributed by atoms with Gasteiger partial charge in [0, 0.05) is 5.39 Å². The second-order valence-corrected chi connectivity index (χ2v) is 5.61. The van der Waals surface area contributed by atoms with E-state index < -0.39 is 10.1 Å². The number of rotatable bonds is 4. The van der Waals surface area contributed by atoms with Gasteiger partial charge in [0.25, 0.3) is 10.1 Å². The molecule has 0 spiro atoms. The summed E-state index contributed by atoms with van der Waals surface area (Å²) < 4.78 is 36.4. The van der Waals surface area contributed by atoms with Gasteiger partial charge in [-0.05, 0) is 23.6 Å². The van der Waals surface area contributed by atoms with Gasteiger partial charge in [0.05, 0.1) is 10.6 Å². The van der Waals surface area contributed by atoms with Gasteiger partial charge in [-0.1, -0.05) is 18.7 Å². The van der Waals surface area contributed by atoms with Crippen LogP contribution in [0.1, 0.15) is 0 Å². The van der Waals surface area contributed by atoms with Crippen LogP contribution in [0.25, 0.3) is 10.8 Å². The van der Waals surface area contributed by atoms with Crippen LogP contribution in [0.5, 0.6) is 5.75 Å². The molecule has 0 bridgehead atoms. The molecule has 0 aromatic heterocycles. The highest BCUT2D eigenvalue weighted by molar-refractivity contribution is 7.85. The summed E-state index contributed by atoms with van der Waals surface area (Å²) >= 11 is 0. The number of ether oxygens (including phenoxy) is 1. The lowest BCUT2D eigenvalue weighted by Gasteiger charge is -2.11. The third-order valence-electron chi connectivity index (χ3n) is 2.69. The van der Waals surface area contributed by atoms with Gasteiger partial charge in [-0.2, -0.15) is 8.42 Å².